The highest BCUT2D eigenvalue weighted by molar-refractivity contribution is 5.66. The van der Waals surface area contributed by atoms with E-state index in [9.17, 15) is 9.90 Å². The molecule has 0 saturated heterocycles. The number of carboxylic acids is 1. The van der Waals surface area contributed by atoms with Gasteiger partial charge in [0, 0.05) is 19.0 Å². The number of aliphatic hydroxyl groups excluding tert-OH is 1. The van der Waals surface area contributed by atoms with Crippen LogP contribution in [0.3, 0.4) is 0 Å². The molecule has 19 heavy (non-hydrogen) atoms. The molecule has 0 fully saturated rings. The van der Waals surface area contributed by atoms with Gasteiger partial charge in [0.05, 0.1) is 6.10 Å². The van der Waals surface area contributed by atoms with Crippen molar-refractivity contribution >= 4 is 5.97 Å². The Morgan fingerprint density at radius 2 is 1.74 bits per heavy atom. The monoisotopic (exact) mass is 273 g/mol. The first-order valence-corrected chi connectivity index (χ1v) is 7.69. The van der Waals surface area contributed by atoms with Crippen LogP contribution in [0.5, 0.6) is 0 Å². The minimum atomic E-state index is -0.763. The minimum Gasteiger partial charge on any atom is -0.481 e. The van der Waals surface area contributed by atoms with Crippen LogP contribution in [-0.2, 0) is 4.79 Å². The topological polar surface area (TPSA) is 69.6 Å². The van der Waals surface area contributed by atoms with E-state index in [0.29, 0.717) is 13.0 Å². The summed E-state index contributed by atoms with van der Waals surface area (Å²) in [6.07, 6.45) is 8.75. The van der Waals surface area contributed by atoms with E-state index in [1.165, 1.54) is 32.1 Å². The number of carbonyl (C=O) groups is 1. The van der Waals surface area contributed by atoms with Gasteiger partial charge in [-0.15, -0.1) is 0 Å². The first-order chi connectivity index (χ1) is 9.06. The summed E-state index contributed by atoms with van der Waals surface area (Å²) in [5.74, 6) is -0.763. The highest BCUT2D eigenvalue weighted by Crippen LogP contribution is 2.08. The van der Waals surface area contributed by atoms with Gasteiger partial charge in [-0.3, -0.25) is 4.79 Å². The van der Waals surface area contributed by atoms with Gasteiger partial charge in [-0.05, 0) is 19.8 Å². The molecule has 0 aliphatic heterocycles. The third kappa shape index (κ3) is 13.6. The SMILES string of the molecule is CCCCCCCCC(O)CNC(C)CCC(=O)O. The lowest BCUT2D eigenvalue weighted by atomic mass is 10.1. The average molecular weight is 273 g/mol. The van der Waals surface area contributed by atoms with E-state index in [1.54, 1.807) is 0 Å². The van der Waals surface area contributed by atoms with E-state index < -0.39 is 5.97 Å². The number of hydrogen-bond acceptors (Lipinski definition) is 3. The number of unbranched alkanes of at least 4 members (excludes halogenated alkanes) is 5. The van der Waals surface area contributed by atoms with E-state index in [-0.39, 0.29) is 18.6 Å². The van der Waals surface area contributed by atoms with Gasteiger partial charge in [0.25, 0.3) is 0 Å². The third-order valence-corrected chi connectivity index (χ3v) is 3.38. The van der Waals surface area contributed by atoms with Crippen LogP contribution < -0.4 is 5.32 Å². The quantitative estimate of drug-likeness (QED) is 0.451. The Bertz CT molecular complexity index is 221. The van der Waals surface area contributed by atoms with Crippen molar-refractivity contribution in [1.29, 1.82) is 0 Å². The highest BCUT2D eigenvalue weighted by Gasteiger charge is 2.08. The van der Waals surface area contributed by atoms with Gasteiger partial charge in [0.15, 0.2) is 0 Å². The molecule has 0 saturated carbocycles. The van der Waals surface area contributed by atoms with Crippen LogP contribution in [0.4, 0.5) is 0 Å². The Kier molecular flexibility index (Phi) is 12.0. The van der Waals surface area contributed by atoms with Gasteiger partial charge in [0.1, 0.15) is 0 Å². The standard InChI is InChI=1S/C15H31NO3/c1-3-4-5-6-7-8-9-14(17)12-16-13(2)10-11-15(18)19/h13-14,16-17H,3-12H2,1-2H3,(H,18,19). The second-order valence-corrected chi connectivity index (χ2v) is 5.45. The normalized spacial score (nSPS) is 14.3. The number of hydrogen-bond donors (Lipinski definition) is 3. The molecule has 4 nitrogen and oxygen atoms in total. The van der Waals surface area contributed by atoms with E-state index >= 15 is 0 Å². The van der Waals surface area contributed by atoms with Crippen molar-refractivity contribution in [2.75, 3.05) is 6.54 Å². The summed E-state index contributed by atoms with van der Waals surface area (Å²) in [5, 5.41) is 21.6. The summed E-state index contributed by atoms with van der Waals surface area (Å²) in [7, 11) is 0. The summed E-state index contributed by atoms with van der Waals surface area (Å²) in [6.45, 7) is 4.73. The average Bonchev–Trinajstić information content (AvgIpc) is 2.38. The van der Waals surface area contributed by atoms with Crippen LogP contribution in [0.1, 0.15) is 71.6 Å². The summed E-state index contributed by atoms with van der Waals surface area (Å²) < 4.78 is 0. The third-order valence-electron chi connectivity index (χ3n) is 3.38. The minimum absolute atomic E-state index is 0.148. The van der Waals surface area contributed by atoms with Gasteiger partial charge < -0.3 is 15.5 Å². The van der Waals surface area contributed by atoms with Gasteiger partial charge in [-0.25, -0.2) is 0 Å². The Labute approximate surface area is 117 Å². The van der Waals surface area contributed by atoms with E-state index in [1.807, 2.05) is 6.92 Å². The Morgan fingerprint density at radius 1 is 1.11 bits per heavy atom. The van der Waals surface area contributed by atoms with Gasteiger partial charge in [0.2, 0.25) is 0 Å². The van der Waals surface area contributed by atoms with Crippen molar-refractivity contribution in [3.63, 3.8) is 0 Å². The molecular weight excluding hydrogens is 242 g/mol. The fourth-order valence-electron chi connectivity index (χ4n) is 2.04. The number of aliphatic carboxylic acids is 1. The molecule has 0 amide bonds. The molecule has 0 aromatic carbocycles. The molecule has 4 heteroatoms. The molecule has 0 bridgehead atoms. The maximum absolute atomic E-state index is 10.4. The van der Waals surface area contributed by atoms with Crippen molar-refractivity contribution in [3.8, 4) is 0 Å². The van der Waals surface area contributed by atoms with Crippen molar-refractivity contribution < 1.29 is 15.0 Å². The number of nitrogens with one attached hydrogen (secondary N) is 1. The summed E-state index contributed by atoms with van der Waals surface area (Å²) >= 11 is 0. The molecule has 2 unspecified atom stereocenters. The molecule has 0 aromatic rings. The summed E-state index contributed by atoms with van der Waals surface area (Å²) in [6, 6.07) is 0.148. The van der Waals surface area contributed by atoms with Crippen LogP contribution in [0.15, 0.2) is 0 Å². The van der Waals surface area contributed by atoms with Crippen molar-refractivity contribution in [2.24, 2.45) is 0 Å². The molecule has 0 spiro atoms. The van der Waals surface area contributed by atoms with Gasteiger partial charge >= 0.3 is 5.97 Å². The van der Waals surface area contributed by atoms with E-state index in [2.05, 4.69) is 12.2 Å². The number of aliphatic hydroxyl groups is 1. The summed E-state index contributed by atoms with van der Waals surface area (Å²) in [4.78, 5) is 10.4. The van der Waals surface area contributed by atoms with Crippen molar-refractivity contribution in [2.45, 2.75) is 83.8 Å². The first kappa shape index (κ1) is 18.4. The van der Waals surface area contributed by atoms with E-state index in [4.69, 9.17) is 5.11 Å². The predicted octanol–water partition coefficient (Wildman–Crippen LogP) is 2.94. The molecule has 0 aromatic heterocycles. The second kappa shape index (κ2) is 12.4. The maximum atomic E-state index is 10.4. The van der Waals surface area contributed by atoms with Crippen LogP contribution >= 0.6 is 0 Å². The summed E-state index contributed by atoms with van der Waals surface area (Å²) in [5.41, 5.74) is 0. The molecule has 114 valence electrons. The Balaban J connectivity index is 3.37. The molecule has 0 rings (SSSR count). The lowest BCUT2D eigenvalue weighted by molar-refractivity contribution is -0.137. The maximum Gasteiger partial charge on any atom is 0.303 e. The zero-order valence-electron chi connectivity index (χ0n) is 12.5. The van der Waals surface area contributed by atoms with Crippen molar-refractivity contribution in [3.05, 3.63) is 0 Å². The molecule has 0 aliphatic carbocycles. The fourth-order valence-corrected chi connectivity index (χ4v) is 2.04. The lowest BCUT2D eigenvalue weighted by Gasteiger charge is -2.16. The Morgan fingerprint density at radius 3 is 2.37 bits per heavy atom. The molecule has 0 heterocycles. The zero-order valence-corrected chi connectivity index (χ0v) is 12.5. The highest BCUT2D eigenvalue weighted by atomic mass is 16.4. The molecular formula is C15H31NO3. The van der Waals surface area contributed by atoms with Crippen LogP contribution in [-0.4, -0.2) is 34.9 Å². The number of rotatable bonds is 13. The van der Waals surface area contributed by atoms with Crippen molar-refractivity contribution in [1.82, 2.24) is 5.32 Å². The van der Waals surface area contributed by atoms with Crippen LogP contribution in [0.2, 0.25) is 0 Å². The Hall–Kier alpha value is -0.610. The molecule has 3 N–H and O–H groups in total. The van der Waals surface area contributed by atoms with Crippen LogP contribution in [0, 0.1) is 0 Å². The second-order valence-electron chi connectivity index (χ2n) is 5.45. The smallest absolute Gasteiger partial charge is 0.303 e. The van der Waals surface area contributed by atoms with E-state index in [0.717, 1.165) is 12.8 Å². The van der Waals surface area contributed by atoms with Gasteiger partial charge in [-0.1, -0.05) is 45.4 Å². The fraction of sp³-hybridized carbons (Fsp3) is 0.933. The van der Waals surface area contributed by atoms with Gasteiger partial charge in [-0.2, -0.15) is 0 Å². The molecule has 0 aliphatic rings. The van der Waals surface area contributed by atoms with Crippen LogP contribution in [0.25, 0.3) is 0 Å². The first-order valence-electron chi connectivity index (χ1n) is 7.69. The lowest BCUT2D eigenvalue weighted by Crippen LogP contribution is -2.34. The zero-order chi connectivity index (χ0) is 14.5. The largest absolute Gasteiger partial charge is 0.481 e. The molecule has 2 atom stereocenters. The molecule has 0 radical (unpaired) electrons. The number of carboxylic acid groups (broad SMARTS) is 1. The predicted molar refractivity (Wildman–Crippen MR) is 78.3 cm³/mol.